The van der Waals surface area contributed by atoms with Crippen molar-refractivity contribution in [3.8, 4) is 5.75 Å². The zero-order valence-electron chi connectivity index (χ0n) is 8.74. The van der Waals surface area contributed by atoms with Crippen LogP contribution in [-0.4, -0.2) is 24.8 Å². The van der Waals surface area contributed by atoms with Crippen molar-refractivity contribution in [1.82, 2.24) is 0 Å². The highest BCUT2D eigenvalue weighted by atomic mass is 35.5. The Bertz CT molecular complexity index is 387. The van der Waals surface area contributed by atoms with E-state index < -0.39 is 6.04 Å². The fourth-order valence-electron chi connectivity index (χ4n) is 1.09. The van der Waals surface area contributed by atoms with Crippen LogP contribution in [-0.2, 0) is 4.79 Å². The topological polar surface area (TPSA) is 64.3 Å². The number of rotatable bonds is 4. The molecule has 16 heavy (non-hydrogen) atoms. The molecule has 0 heterocycles. The number of nitrogens with two attached hydrogens (primary N) is 1. The van der Waals surface area contributed by atoms with Crippen LogP contribution in [0.2, 0.25) is 5.02 Å². The van der Waals surface area contributed by atoms with Gasteiger partial charge < -0.3 is 15.8 Å². The smallest absolute Gasteiger partial charge is 0.242 e. The average Bonchev–Trinajstić information content (AvgIpc) is 2.28. The molecule has 3 N–H and O–H groups in total. The minimum Gasteiger partial charge on any atom is -0.495 e. The maximum absolute atomic E-state index is 11.5. The van der Waals surface area contributed by atoms with Crippen molar-refractivity contribution in [2.24, 2.45) is 5.73 Å². The van der Waals surface area contributed by atoms with Gasteiger partial charge in [-0.15, -0.1) is 0 Å². The number of thiol groups is 1. The summed E-state index contributed by atoms with van der Waals surface area (Å²) in [5.74, 6) is 0.481. The maximum atomic E-state index is 11.5. The SMILES string of the molecule is COc1ccc(Cl)cc1NC(=O)C(N)CS. The molecule has 0 bridgehead atoms. The van der Waals surface area contributed by atoms with Crippen LogP contribution in [0.5, 0.6) is 5.75 Å². The van der Waals surface area contributed by atoms with E-state index in [0.717, 1.165) is 0 Å². The number of hydrogen-bond donors (Lipinski definition) is 3. The fraction of sp³-hybridized carbons (Fsp3) is 0.300. The lowest BCUT2D eigenvalue weighted by Gasteiger charge is -2.13. The first-order chi connectivity index (χ1) is 7.58. The van der Waals surface area contributed by atoms with Crippen LogP contribution in [0.1, 0.15) is 0 Å². The third kappa shape index (κ3) is 3.30. The van der Waals surface area contributed by atoms with Gasteiger partial charge in [-0.2, -0.15) is 12.6 Å². The Morgan fingerprint density at radius 2 is 2.38 bits per heavy atom. The van der Waals surface area contributed by atoms with Gasteiger partial charge >= 0.3 is 0 Å². The minimum atomic E-state index is -0.660. The van der Waals surface area contributed by atoms with Crippen LogP contribution in [0.3, 0.4) is 0 Å². The number of amides is 1. The van der Waals surface area contributed by atoms with E-state index in [1.807, 2.05) is 0 Å². The van der Waals surface area contributed by atoms with Crippen molar-refractivity contribution < 1.29 is 9.53 Å². The number of nitrogens with one attached hydrogen (secondary N) is 1. The molecule has 6 heteroatoms. The van der Waals surface area contributed by atoms with Gasteiger partial charge in [0.15, 0.2) is 0 Å². The molecule has 1 aromatic rings. The van der Waals surface area contributed by atoms with Crippen molar-refractivity contribution >= 4 is 35.8 Å². The van der Waals surface area contributed by atoms with Crippen molar-refractivity contribution in [3.63, 3.8) is 0 Å². The highest BCUT2D eigenvalue weighted by Crippen LogP contribution is 2.27. The largest absolute Gasteiger partial charge is 0.495 e. The molecule has 4 nitrogen and oxygen atoms in total. The van der Waals surface area contributed by atoms with Gasteiger partial charge in [0, 0.05) is 10.8 Å². The molecule has 1 amide bonds. The van der Waals surface area contributed by atoms with Gasteiger partial charge in [0.05, 0.1) is 18.8 Å². The first-order valence-electron chi connectivity index (χ1n) is 4.59. The Labute approximate surface area is 105 Å². The normalized spacial score (nSPS) is 12.0. The summed E-state index contributed by atoms with van der Waals surface area (Å²) in [5.41, 5.74) is 6.03. The predicted octanol–water partition coefficient (Wildman–Crippen LogP) is 1.54. The maximum Gasteiger partial charge on any atom is 0.242 e. The molecule has 0 aromatic heterocycles. The van der Waals surface area contributed by atoms with Crippen molar-refractivity contribution in [2.75, 3.05) is 18.2 Å². The second kappa shape index (κ2) is 5.98. The molecule has 0 saturated carbocycles. The summed E-state index contributed by atoms with van der Waals surface area (Å²) in [6.45, 7) is 0. The van der Waals surface area contributed by atoms with E-state index in [2.05, 4.69) is 17.9 Å². The van der Waals surface area contributed by atoms with E-state index >= 15 is 0 Å². The number of hydrogen-bond acceptors (Lipinski definition) is 4. The molecule has 1 rings (SSSR count). The minimum absolute atomic E-state index is 0.273. The van der Waals surface area contributed by atoms with Gasteiger partial charge in [-0.05, 0) is 18.2 Å². The molecule has 1 unspecified atom stereocenters. The van der Waals surface area contributed by atoms with Gasteiger partial charge in [0.25, 0.3) is 0 Å². The fourth-order valence-corrected chi connectivity index (χ4v) is 1.42. The van der Waals surface area contributed by atoms with E-state index in [0.29, 0.717) is 16.5 Å². The molecule has 0 fully saturated rings. The van der Waals surface area contributed by atoms with E-state index in [9.17, 15) is 4.79 Å². The molecule has 88 valence electrons. The van der Waals surface area contributed by atoms with Gasteiger partial charge in [0.1, 0.15) is 5.75 Å². The second-order valence-corrected chi connectivity index (χ2v) is 3.92. The summed E-state index contributed by atoms with van der Waals surface area (Å²) in [7, 11) is 1.51. The van der Waals surface area contributed by atoms with E-state index in [-0.39, 0.29) is 11.7 Å². The summed E-state index contributed by atoms with van der Waals surface area (Å²) in [6.07, 6.45) is 0. The molecule has 0 aliphatic rings. The second-order valence-electron chi connectivity index (χ2n) is 3.12. The van der Waals surface area contributed by atoms with Gasteiger partial charge in [-0.3, -0.25) is 4.79 Å². The highest BCUT2D eigenvalue weighted by molar-refractivity contribution is 7.80. The summed E-state index contributed by atoms with van der Waals surface area (Å²) in [5, 5.41) is 3.14. The lowest BCUT2D eigenvalue weighted by Crippen LogP contribution is -2.37. The number of benzene rings is 1. The van der Waals surface area contributed by atoms with Crippen LogP contribution in [0.4, 0.5) is 5.69 Å². The number of ether oxygens (including phenoxy) is 1. The number of carbonyl (C=O) groups excluding carboxylic acids is 1. The molecule has 0 saturated heterocycles. The van der Waals surface area contributed by atoms with E-state index in [4.69, 9.17) is 22.1 Å². The summed E-state index contributed by atoms with van der Waals surface area (Å²) >= 11 is 9.76. The Balaban J connectivity index is 2.87. The van der Waals surface area contributed by atoms with E-state index in [1.54, 1.807) is 18.2 Å². The number of halogens is 1. The summed E-state index contributed by atoms with van der Waals surface area (Å²) in [6, 6.07) is 4.29. The van der Waals surface area contributed by atoms with Crippen molar-refractivity contribution in [3.05, 3.63) is 23.2 Å². The van der Waals surface area contributed by atoms with Crippen LogP contribution < -0.4 is 15.8 Å². The quantitative estimate of drug-likeness (QED) is 0.720. The summed E-state index contributed by atoms with van der Waals surface area (Å²) in [4.78, 5) is 11.5. The highest BCUT2D eigenvalue weighted by Gasteiger charge is 2.13. The molecule has 0 radical (unpaired) electrons. The Hall–Kier alpha value is -0.910. The lowest BCUT2D eigenvalue weighted by molar-refractivity contribution is -0.116. The van der Waals surface area contributed by atoms with Crippen LogP contribution >= 0.6 is 24.2 Å². The monoisotopic (exact) mass is 260 g/mol. The number of anilines is 1. The van der Waals surface area contributed by atoms with Crippen LogP contribution in [0.15, 0.2) is 18.2 Å². The van der Waals surface area contributed by atoms with Gasteiger partial charge in [-0.25, -0.2) is 0 Å². The third-order valence-electron chi connectivity index (χ3n) is 1.95. The Morgan fingerprint density at radius 1 is 1.69 bits per heavy atom. The molecule has 0 spiro atoms. The zero-order chi connectivity index (χ0) is 12.1. The molecule has 0 aliphatic carbocycles. The Morgan fingerprint density at radius 3 is 2.94 bits per heavy atom. The molecular formula is C10H13ClN2O2S. The standard InChI is InChI=1S/C10H13ClN2O2S/c1-15-9-3-2-6(11)4-8(9)13-10(14)7(12)5-16/h2-4,7,16H,5,12H2,1H3,(H,13,14). The van der Waals surface area contributed by atoms with E-state index in [1.165, 1.54) is 7.11 Å². The van der Waals surface area contributed by atoms with Crippen molar-refractivity contribution in [1.29, 1.82) is 0 Å². The number of methoxy groups -OCH3 is 1. The first kappa shape index (κ1) is 13.2. The van der Waals surface area contributed by atoms with Crippen LogP contribution in [0, 0.1) is 0 Å². The van der Waals surface area contributed by atoms with Gasteiger partial charge in [-0.1, -0.05) is 11.6 Å². The lowest BCUT2D eigenvalue weighted by atomic mass is 10.2. The first-order valence-corrected chi connectivity index (χ1v) is 5.60. The third-order valence-corrected chi connectivity index (χ3v) is 2.58. The Kier molecular flexibility index (Phi) is 4.92. The average molecular weight is 261 g/mol. The van der Waals surface area contributed by atoms with Crippen molar-refractivity contribution in [2.45, 2.75) is 6.04 Å². The molecule has 1 aromatic carbocycles. The molecule has 1 atom stereocenters. The summed E-state index contributed by atoms with van der Waals surface area (Å²) < 4.78 is 5.08. The van der Waals surface area contributed by atoms with Crippen LogP contribution in [0.25, 0.3) is 0 Å². The van der Waals surface area contributed by atoms with Gasteiger partial charge in [0.2, 0.25) is 5.91 Å². The zero-order valence-corrected chi connectivity index (χ0v) is 10.4. The predicted molar refractivity (Wildman–Crippen MR) is 68.5 cm³/mol. The molecular weight excluding hydrogens is 248 g/mol. The molecule has 0 aliphatic heterocycles. The number of carbonyl (C=O) groups is 1.